The number of allylic oxidation sites excluding steroid dienone is 13. The Morgan fingerprint density at radius 3 is 1.31 bits per heavy atom. The average molecular weight is 1010 g/mol. The maximum atomic E-state index is 13.0. The van der Waals surface area contributed by atoms with Crippen LogP contribution in [0.4, 0.5) is 0 Å². The number of hydrogen-bond acceptors (Lipinski definition) is 6. The lowest BCUT2D eigenvalue weighted by Crippen LogP contribution is -2.45. The summed E-state index contributed by atoms with van der Waals surface area (Å²) in [5, 5.41) is 13.9. The summed E-state index contributed by atoms with van der Waals surface area (Å²) in [5.74, 6) is -0.212. The predicted molar refractivity (Wildman–Crippen MR) is 307 cm³/mol. The molecule has 3 unspecified atom stereocenters. The molecule has 3 atom stereocenters. The van der Waals surface area contributed by atoms with Crippen molar-refractivity contribution in [1.29, 1.82) is 0 Å². The SMILES string of the molecule is CC/C=C\C/C=C\C/C=C\C/C=C\C/C=C\CCCCCCCCCCCCCC(=O)NC(COP(=O)([O-])OCC[N+](C)(C)C)C(O)/C=C/CC/C=C/CCCCCCCCCCCCCCCCCC. The molecule has 71 heavy (non-hydrogen) atoms. The Hall–Kier alpha value is -2.32. The van der Waals surface area contributed by atoms with E-state index in [0.717, 1.165) is 70.6 Å². The minimum Gasteiger partial charge on any atom is -0.756 e. The van der Waals surface area contributed by atoms with Crippen molar-refractivity contribution in [3.05, 3.63) is 85.1 Å². The van der Waals surface area contributed by atoms with E-state index in [1.54, 1.807) is 6.08 Å². The molecule has 9 heteroatoms. The third kappa shape index (κ3) is 55.3. The van der Waals surface area contributed by atoms with Gasteiger partial charge in [-0.25, -0.2) is 0 Å². The Morgan fingerprint density at radius 1 is 0.507 bits per heavy atom. The molecule has 0 rings (SSSR count). The lowest BCUT2D eigenvalue weighted by molar-refractivity contribution is -0.870. The van der Waals surface area contributed by atoms with Gasteiger partial charge in [-0.1, -0.05) is 253 Å². The number of aliphatic hydroxyl groups is 1. The highest BCUT2D eigenvalue weighted by molar-refractivity contribution is 7.45. The summed E-state index contributed by atoms with van der Waals surface area (Å²) < 4.78 is 23.3. The van der Waals surface area contributed by atoms with Crippen LogP contribution in [0.3, 0.4) is 0 Å². The summed E-state index contributed by atoms with van der Waals surface area (Å²) in [7, 11) is 1.24. The number of rotatable bonds is 53. The molecule has 0 saturated carbocycles. The van der Waals surface area contributed by atoms with Gasteiger partial charge in [0.05, 0.1) is 39.9 Å². The summed E-state index contributed by atoms with van der Waals surface area (Å²) in [6.07, 6.45) is 73.8. The zero-order chi connectivity index (χ0) is 52.0. The molecule has 0 heterocycles. The first-order valence-electron chi connectivity index (χ1n) is 29.4. The number of amides is 1. The highest BCUT2D eigenvalue weighted by Gasteiger charge is 2.23. The van der Waals surface area contributed by atoms with Gasteiger partial charge in [0.2, 0.25) is 5.91 Å². The number of phosphoric ester groups is 1. The van der Waals surface area contributed by atoms with Crippen LogP contribution in [0, 0.1) is 0 Å². The third-order valence-electron chi connectivity index (χ3n) is 12.8. The van der Waals surface area contributed by atoms with Crippen LogP contribution in [0.25, 0.3) is 0 Å². The van der Waals surface area contributed by atoms with Crippen molar-refractivity contribution in [1.82, 2.24) is 5.32 Å². The maximum Gasteiger partial charge on any atom is 0.268 e. The summed E-state index contributed by atoms with van der Waals surface area (Å²) in [5.41, 5.74) is 0. The quantitative estimate of drug-likeness (QED) is 0.0272. The molecule has 1 amide bonds. The topological polar surface area (TPSA) is 108 Å². The number of nitrogens with one attached hydrogen (secondary N) is 1. The number of carbonyl (C=O) groups is 1. The molecular weight excluding hydrogens is 900 g/mol. The van der Waals surface area contributed by atoms with Crippen LogP contribution >= 0.6 is 7.82 Å². The van der Waals surface area contributed by atoms with Crippen molar-refractivity contribution in [2.75, 3.05) is 40.9 Å². The summed E-state index contributed by atoms with van der Waals surface area (Å²) in [6, 6.07) is -0.911. The molecule has 0 aliphatic carbocycles. The van der Waals surface area contributed by atoms with Gasteiger partial charge in [-0.15, -0.1) is 0 Å². The van der Waals surface area contributed by atoms with Crippen molar-refractivity contribution >= 4 is 13.7 Å². The van der Waals surface area contributed by atoms with E-state index in [1.807, 2.05) is 27.2 Å². The fourth-order valence-electron chi connectivity index (χ4n) is 8.26. The standard InChI is InChI=1S/C62H113N2O6P/c1-6-8-10-12-14-16-18-20-22-24-26-28-30-31-32-33-34-36-38-40-42-44-46-48-50-52-54-56-62(66)63-60(59-70-71(67,68)69-58-57-64(3,4)5)61(65)55-53-51-49-47-45-43-41-39-37-35-29-27-25-23-21-19-17-15-13-11-9-7-2/h8,10,14,16,20,22,26,28,31-32,45,47,53,55,60-61,65H,6-7,9,11-13,15,17-19,21,23-25,27,29-30,33-44,46,48-52,54,56-59H2,1-5H3,(H-,63,66,67,68)/b10-8-,16-14-,22-20-,28-26-,32-31-,47-45+,55-53+. The second-order valence-corrected chi connectivity index (χ2v) is 22.4. The van der Waals surface area contributed by atoms with Crippen molar-refractivity contribution < 1.29 is 32.9 Å². The first-order chi connectivity index (χ1) is 34.5. The Bertz CT molecular complexity index is 1430. The van der Waals surface area contributed by atoms with E-state index >= 15 is 0 Å². The Labute approximate surface area is 439 Å². The van der Waals surface area contributed by atoms with Gasteiger partial charge in [0.25, 0.3) is 7.82 Å². The second-order valence-electron chi connectivity index (χ2n) is 21.0. The second kappa shape index (κ2) is 52.5. The first kappa shape index (κ1) is 68.7. The minimum absolute atomic E-state index is 0.0102. The van der Waals surface area contributed by atoms with Gasteiger partial charge in [0.1, 0.15) is 13.2 Å². The Morgan fingerprint density at radius 2 is 0.873 bits per heavy atom. The zero-order valence-electron chi connectivity index (χ0n) is 46.9. The van der Waals surface area contributed by atoms with Gasteiger partial charge >= 0.3 is 0 Å². The number of aliphatic hydroxyl groups excluding tert-OH is 1. The van der Waals surface area contributed by atoms with E-state index < -0.39 is 26.6 Å². The van der Waals surface area contributed by atoms with Crippen LogP contribution in [0.1, 0.15) is 251 Å². The van der Waals surface area contributed by atoms with Crippen LogP contribution in [0.15, 0.2) is 85.1 Å². The highest BCUT2D eigenvalue weighted by atomic mass is 31.2. The van der Waals surface area contributed by atoms with Crippen LogP contribution in [-0.2, 0) is 18.4 Å². The van der Waals surface area contributed by atoms with E-state index in [-0.39, 0.29) is 12.5 Å². The normalized spacial score (nSPS) is 14.5. The maximum absolute atomic E-state index is 13.0. The molecule has 412 valence electrons. The van der Waals surface area contributed by atoms with Crippen molar-refractivity contribution in [3.63, 3.8) is 0 Å². The lowest BCUT2D eigenvalue weighted by atomic mass is 10.0. The third-order valence-corrected chi connectivity index (χ3v) is 13.8. The molecule has 0 fully saturated rings. The number of hydrogen-bond donors (Lipinski definition) is 2. The van der Waals surface area contributed by atoms with Gasteiger partial charge in [-0.05, 0) is 77.0 Å². The molecular formula is C62H113N2O6P. The summed E-state index contributed by atoms with van der Waals surface area (Å²) in [6.45, 7) is 4.53. The average Bonchev–Trinajstić information content (AvgIpc) is 3.33. The van der Waals surface area contributed by atoms with E-state index in [9.17, 15) is 19.4 Å². The zero-order valence-corrected chi connectivity index (χ0v) is 47.8. The van der Waals surface area contributed by atoms with Crippen molar-refractivity contribution in [2.45, 2.75) is 264 Å². The molecule has 0 spiro atoms. The summed E-state index contributed by atoms with van der Waals surface area (Å²) >= 11 is 0. The highest BCUT2D eigenvalue weighted by Crippen LogP contribution is 2.38. The van der Waals surface area contributed by atoms with E-state index in [0.29, 0.717) is 17.4 Å². The summed E-state index contributed by atoms with van der Waals surface area (Å²) in [4.78, 5) is 25.5. The largest absolute Gasteiger partial charge is 0.756 e. The number of likely N-dealkylation sites (N-methyl/N-ethyl adjacent to an activating group) is 1. The molecule has 0 radical (unpaired) electrons. The Kier molecular flexibility index (Phi) is 50.8. The first-order valence-corrected chi connectivity index (χ1v) is 30.9. The number of carbonyl (C=O) groups excluding carboxylic acids is 1. The molecule has 0 aromatic rings. The number of nitrogens with zero attached hydrogens (tertiary/aromatic N) is 1. The van der Waals surface area contributed by atoms with Crippen molar-refractivity contribution in [3.8, 4) is 0 Å². The van der Waals surface area contributed by atoms with Gasteiger partial charge in [0, 0.05) is 6.42 Å². The predicted octanol–water partition coefficient (Wildman–Crippen LogP) is 17.4. The molecule has 0 saturated heterocycles. The Balaban J connectivity index is 4.26. The van der Waals surface area contributed by atoms with Crippen LogP contribution in [0.2, 0.25) is 0 Å². The van der Waals surface area contributed by atoms with Crippen molar-refractivity contribution in [2.24, 2.45) is 0 Å². The molecule has 2 N–H and O–H groups in total. The fourth-order valence-corrected chi connectivity index (χ4v) is 8.98. The fraction of sp³-hybridized carbons (Fsp3) is 0.758. The molecule has 0 aromatic heterocycles. The number of quaternary nitrogens is 1. The van der Waals surface area contributed by atoms with Crippen LogP contribution in [0.5, 0.6) is 0 Å². The minimum atomic E-state index is -4.61. The van der Waals surface area contributed by atoms with Crippen LogP contribution < -0.4 is 10.2 Å². The molecule has 0 aromatic carbocycles. The smallest absolute Gasteiger partial charge is 0.268 e. The van der Waals surface area contributed by atoms with E-state index in [1.165, 1.54) is 161 Å². The van der Waals surface area contributed by atoms with Gasteiger partial charge < -0.3 is 28.8 Å². The number of unbranched alkanes of at least 4 members (excludes halogenated alkanes) is 28. The molecule has 8 nitrogen and oxygen atoms in total. The lowest BCUT2D eigenvalue weighted by Gasteiger charge is -2.29. The molecule has 0 bridgehead atoms. The van der Waals surface area contributed by atoms with E-state index in [2.05, 4.69) is 92.1 Å². The number of phosphoric acid groups is 1. The van der Waals surface area contributed by atoms with Crippen LogP contribution in [-0.4, -0.2) is 68.5 Å². The van der Waals surface area contributed by atoms with Gasteiger partial charge in [0.15, 0.2) is 0 Å². The van der Waals surface area contributed by atoms with E-state index in [4.69, 9.17) is 9.05 Å². The van der Waals surface area contributed by atoms with Gasteiger partial charge in [-0.2, -0.15) is 0 Å². The van der Waals surface area contributed by atoms with Gasteiger partial charge in [-0.3, -0.25) is 9.36 Å². The monoisotopic (exact) mass is 1010 g/mol. The molecule has 0 aliphatic heterocycles. The molecule has 0 aliphatic rings.